The summed E-state index contributed by atoms with van der Waals surface area (Å²) in [7, 11) is -0.260. The molecular weight excluding hydrogens is 271 g/mol. The van der Waals surface area contributed by atoms with Crippen LogP contribution in [-0.2, 0) is 9.31 Å². The zero-order valence-corrected chi connectivity index (χ0v) is 14.1. The van der Waals surface area contributed by atoms with Gasteiger partial charge in [0.25, 0.3) is 0 Å². The third-order valence-electron chi connectivity index (χ3n) is 3.96. The molecule has 0 aliphatic heterocycles. The standard InChI is InChI=1S/C19H27BO2/c1-4-6-14-21-20(22-15-7-5-2)19-16(3)12-13-17-10-8-9-11-18(17)19/h8-13H,4-7,14-15H2,1-3H3. The highest BCUT2D eigenvalue weighted by molar-refractivity contribution is 6.65. The fourth-order valence-corrected chi connectivity index (χ4v) is 2.60. The lowest BCUT2D eigenvalue weighted by atomic mass is 9.73. The third-order valence-corrected chi connectivity index (χ3v) is 3.96. The second kappa shape index (κ2) is 8.97. The van der Waals surface area contributed by atoms with E-state index >= 15 is 0 Å². The summed E-state index contributed by atoms with van der Waals surface area (Å²) in [5.41, 5.74) is 2.42. The van der Waals surface area contributed by atoms with Crippen LogP contribution in [0.4, 0.5) is 0 Å². The van der Waals surface area contributed by atoms with Crippen molar-refractivity contribution in [2.45, 2.75) is 46.5 Å². The van der Waals surface area contributed by atoms with Gasteiger partial charge in [0, 0.05) is 13.2 Å². The van der Waals surface area contributed by atoms with Gasteiger partial charge in [-0.1, -0.05) is 68.7 Å². The van der Waals surface area contributed by atoms with Crippen molar-refractivity contribution in [3.8, 4) is 0 Å². The van der Waals surface area contributed by atoms with Crippen LogP contribution in [0.15, 0.2) is 36.4 Å². The highest BCUT2D eigenvalue weighted by Gasteiger charge is 2.25. The molecule has 0 saturated heterocycles. The third kappa shape index (κ3) is 4.34. The number of aryl methyl sites for hydroxylation is 1. The smallest absolute Gasteiger partial charge is 0.407 e. The Bertz CT molecular complexity index is 573. The number of hydrogen-bond donors (Lipinski definition) is 0. The molecule has 0 spiro atoms. The van der Waals surface area contributed by atoms with Crippen LogP contribution in [0.5, 0.6) is 0 Å². The molecule has 0 aliphatic carbocycles. The summed E-state index contributed by atoms with van der Waals surface area (Å²) in [5, 5.41) is 2.48. The van der Waals surface area contributed by atoms with Gasteiger partial charge < -0.3 is 9.31 Å². The summed E-state index contributed by atoms with van der Waals surface area (Å²) in [6.45, 7) is 7.99. The second-order valence-electron chi connectivity index (χ2n) is 5.80. The van der Waals surface area contributed by atoms with Crippen molar-refractivity contribution in [1.82, 2.24) is 0 Å². The van der Waals surface area contributed by atoms with E-state index < -0.39 is 0 Å². The van der Waals surface area contributed by atoms with Gasteiger partial charge in [0.1, 0.15) is 0 Å². The van der Waals surface area contributed by atoms with Gasteiger partial charge in [0.2, 0.25) is 0 Å². The van der Waals surface area contributed by atoms with Crippen molar-refractivity contribution in [3.05, 3.63) is 42.0 Å². The highest BCUT2D eigenvalue weighted by Crippen LogP contribution is 2.15. The first-order valence-electron chi connectivity index (χ1n) is 8.49. The van der Waals surface area contributed by atoms with Gasteiger partial charge in [-0.3, -0.25) is 0 Å². The molecule has 22 heavy (non-hydrogen) atoms. The maximum atomic E-state index is 6.08. The van der Waals surface area contributed by atoms with E-state index in [2.05, 4.69) is 57.2 Å². The van der Waals surface area contributed by atoms with Crippen molar-refractivity contribution in [1.29, 1.82) is 0 Å². The SMILES string of the molecule is CCCCOB(OCCCC)c1c(C)ccc2ccccc12. The topological polar surface area (TPSA) is 18.5 Å². The van der Waals surface area contributed by atoms with Gasteiger partial charge in [-0.15, -0.1) is 0 Å². The van der Waals surface area contributed by atoms with Crippen molar-refractivity contribution < 1.29 is 9.31 Å². The summed E-state index contributed by atoms with van der Waals surface area (Å²) in [4.78, 5) is 0. The first-order chi connectivity index (χ1) is 10.8. The van der Waals surface area contributed by atoms with Crippen molar-refractivity contribution >= 4 is 23.4 Å². The van der Waals surface area contributed by atoms with Crippen LogP contribution in [-0.4, -0.2) is 20.3 Å². The average Bonchev–Trinajstić information content (AvgIpc) is 2.54. The summed E-state index contributed by atoms with van der Waals surface area (Å²) >= 11 is 0. The Hall–Kier alpha value is -1.32. The summed E-state index contributed by atoms with van der Waals surface area (Å²) < 4.78 is 12.2. The molecule has 2 nitrogen and oxygen atoms in total. The Morgan fingerprint density at radius 1 is 0.864 bits per heavy atom. The van der Waals surface area contributed by atoms with Crippen LogP contribution in [0.2, 0.25) is 0 Å². The average molecular weight is 298 g/mol. The van der Waals surface area contributed by atoms with E-state index in [9.17, 15) is 0 Å². The normalized spacial score (nSPS) is 11.0. The van der Waals surface area contributed by atoms with Gasteiger partial charge in [-0.2, -0.15) is 0 Å². The monoisotopic (exact) mass is 298 g/mol. The number of benzene rings is 2. The van der Waals surface area contributed by atoms with Crippen molar-refractivity contribution in [2.24, 2.45) is 0 Å². The number of fused-ring (bicyclic) bond motifs is 1. The lowest BCUT2D eigenvalue weighted by Gasteiger charge is -2.19. The van der Waals surface area contributed by atoms with Gasteiger partial charge >= 0.3 is 7.12 Å². The van der Waals surface area contributed by atoms with E-state index in [0.717, 1.165) is 38.9 Å². The minimum absolute atomic E-state index is 0.260. The largest absolute Gasteiger partial charge is 0.494 e. The molecule has 0 heterocycles. The number of hydrogen-bond acceptors (Lipinski definition) is 2. The molecule has 0 unspecified atom stereocenters. The van der Waals surface area contributed by atoms with Crippen LogP contribution >= 0.6 is 0 Å². The molecule has 0 aliphatic rings. The quantitative estimate of drug-likeness (QED) is 0.502. The van der Waals surface area contributed by atoms with Gasteiger partial charge in [-0.25, -0.2) is 0 Å². The zero-order valence-electron chi connectivity index (χ0n) is 14.1. The Morgan fingerprint density at radius 3 is 2.14 bits per heavy atom. The van der Waals surface area contributed by atoms with Crippen LogP contribution in [0.25, 0.3) is 10.8 Å². The predicted molar refractivity (Wildman–Crippen MR) is 95.8 cm³/mol. The molecule has 118 valence electrons. The molecule has 2 aromatic rings. The molecule has 0 bridgehead atoms. The fourth-order valence-electron chi connectivity index (χ4n) is 2.60. The van der Waals surface area contributed by atoms with Crippen LogP contribution in [0, 0.1) is 6.92 Å². The first kappa shape index (κ1) is 17.0. The zero-order chi connectivity index (χ0) is 15.8. The molecule has 0 atom stereocenters. The Kier molecular flexibility index (Phi) is 6.95. The van der Waals surface area contributed by atoms with Crippen LogP contribution in [0.1, 0.15) is 45.1 Å². The molecule has 3 heteroatoms. The van der Waals surface area contributed by atoms with Gasteiger partial charge in [0.15, 0.2) is 0 Å². The molecule has 2 rings (SSSR count). The Balaban J connectivity index is 2.30. The molecule has 0 fully saturated rings. The number of unbranched alkanes of at least 4 members (excludes halogenated alkanes) is 2. The lowest BCUT2D eigenvalue weighted by Crippen LogP contribution is -2.39. The predicted octanol–water partition coefficient (Wildman–Crippen LogP) is 4.48. The maximum Gasteiger partial charge on any atom is 0.494 e. The molecule has 0 amide bonds. The number of rotatable bonds is 9. The fraction of sp³-hybridized carbons (Fsp3) is 0.474. The molecular formula is C19H27BO2. The Labute approximate surface area is 135 Å². The van der Waals surface area contributed by atoms with Crippen molar-refractivity contribution in [2.75, 3.05) is 13.2 Å². The second-order valence-corrected chi connectivity index (χ2v) is 5.80. The van der Waals surface area contributed by atoms with E-state index in [4.69, 9.17) is 9.31 Å². The van der Waals surface area contributed by atoms with E-state index in [0.29, 0.717) is 0 Å². The summed E-state index contributed by atoms with van der Waals surface area (Å²) in [6.07, 6.45) is 4.40. The molecule has 0 radical (unpaired) electrons. The minimum Gasteiger partial charge on any atom is -0.407 e. The summed E-state index contributed by atoms with van der Waals surface area (Å²) in [6, 6.07) is 12.8. The van der Waals surface area contributed by atoms with Gasteiger partial charge in [0.05, 0.1) is 0 Å². The Morgan fingerprint density at radius 2 is 1.50 bits per heavy atom. The summed E-state index contributed by atoms with van der Waals surface area (Å²) in [5.74, 6) is 0. The molecule has 0 aromatic heterocycles. The molecule has 0 saturated carbocycles. The van der Waals surface area contributed by atoms with E-state index in [1.165, 1.54) is 21.8 Å². The van der Waals surface area contributed by atoms with E-state index in [-0.39, 0.29) is 7.12 Å². The van der Waals surface area contributed by atoms with Gasteiger partial charge in [-0.05, 0) is 36.0 Å². The van der Waals surface area contributed by atoms with Crippen LogP contribution in [0.3, 0.4) is 0 Å². The van der Waals surface area contributed by atoms with E-state index in [1.807, 2.05) is 0 Å². The van der Waals surface area contributed by atoms with E-state index in [1.54, 1.807) is 0 Å². The highest BCUT2D eigenvalue weighted by atomic mass is 16.6. The van der Waals surface area contributed by atoms with Crippen molar-refractivity contribution in [3.63, 3.8) is 0 Å². The molecule has 2 aromatic carbocycles. The maximum absolute atomic E-state index is 6.08. The molecule has 0 N–H and O–H groups in total. The minimum atomic E-state index is -0.260. The first-order valence-corrected chi connectivity index (χ1v) is 8.49. The lowest BCUT2D eigenvalue weighted by molar-refractivity contribution is 0.202. The van der Waals surface area contributed by atoms with Crippen LogP contribution < -0.4 is 5.46 Å².